The smallest absolute Gasteiger partial charge is 0.196 e. The highest BCUT2D eigenvalue weighted by Crippen LogP contribution is 2.28. The Morgan fingerprint density at radius 1 is 1.00 bits per heavy atom. The Bertz CT molecular complexity index is 749. The van der Waals surface area contributed by atoms with Gasteiger partial charge < -0.3 is 5.11 Å². The third kappa shape index (κ3) is 3.75. The third-order valence-corrected chi connectivity index (χ3v) is 4.69. The fourth-order valence-corrected chi connectivity index (χ4v) is 3.28. The van der Waals surface area contributed by atoms with E-state index in [2.05, 4.69) is 10.2 Å². The Morgan fingerprint density at radius 2 is 1.65 bits per heavy atom. The van der Waals surface area contributed by atoms with Crippen LogP contribution in [0.4, 0.5) is 0 Å². The lowest BCUT2D eigenvalue weighted by Crippen LogP contribution is -2.12. The standard InChI is InChI=1S/C17H16ClN3OS/c18-11-15(22)12-23-17-20-19-16(13-7-3-1-4-8-13)21(17)14-9-5-2-6-10-14/h1-10,15,22H,11-12H2/t15-/m1/s1. The number of hydrogen-bond donors (Lipinski definition) is 1. The van der Waals surface area contributed by atoms with Gasteiger partial charge in [0.25, 0.3) is 0 Å². The van der Waals surface area contributed by atoms with Crippen LogP contribution in [0, 0.1) is 0 Å². The van der Waals surface area contributed by atoms with Crippen molar-refractivity contribution in [1.82, 2.24) is 14.8 Å². The number of aliphatic hydroxyl groups excluding tert-OH is 1. The first-order chi connectivity index (χ1) is 11.3. The number of hydrogen-bond acceptors (Lipinski definition) is 4. The molecule has 0 bridgehead atoms. The number of aromatic nitrogens is 3. The molecule has 1 atom stereocenters. The molecule has 4 nitrogen and oxygen atoms in total. The van der Waals surface area contributed by atoms with E-state index < -0.39 is 6.10 Å². The Balaban J connectivity index is 2.02. The van der Waals surface area contributed by atoms with Gasteiger partial charge in [0.2, 0.25) is 0 Å². The van der Waals surface area contributed by atoms with Gasteiger partial charge in [-0.15, -0.1) is 21.8 Å². The number of alkyl halides is 1. The van der Waals surface area contributed by atoms with Crippen molar-refractivity contribution in [3.63, 3.8) is 0 Å². The zero-order chi connectivity index (χ0) is 16.1. The molecule has 0 spiro atoms. The quantitative estimate of drug-likeness (QED) is 0.547. The van der Waals surface area contributed by atoms with Crippen molar-refractivity contribution in [1.29, 1.82) is 0 Å². The molecule has 0 saturated heterocycles. The molecule has 6 heteroatoms. The SMILES string of the molecule is O[C@H](CCl)CSc1nnc(-c2ccccc2)n1-c1ccccc1. The highest BCUT2D eigenvalue weighted by atomic mass is 35.5. The van der Waals surface area contributed by atoms with Crippen LogP contribution in [0.1, 0.15) is 0 Å². The minimum atomic E-state index is -0.567. The van der Waals surface area contributed by atoms with E-state index in [-0.39, 0.29) is 5.88 Å². The molecule has 23 heavy (non-hydrogen) atoms. The predicted molar refractivity (Wildman–Crippen MR) is 94.2 cm³/mol. The number of thioether (sulfide) groups is 1. The Hall–Kier alpha value is -1.82. The first-order valence-corrected chi connectivity index (χ1v) is 8.74. The van der Waals surface area contributed by atoms with Crippen molar-refractivity contribution in [2.45, 2.75) is 11.3 Å². The predicted octanol–water partition coefficient (Wildman–Crippen LogP) is 3.63. The first-order valence-electron chi connectivity index (χ1n) is 7.22. The molecule has 0 fully saturated rings. The van der Waals surface area contributed by atoms with Crippen molar-refractivity contribution in [3.8, 4) is 17.1 Å². The molecule has 0 aliphatic carbocycles. The lowest BCUT2D eigenvalue weighted by molar-refractivity contribution is 0.223. The molecule has 1 N–H and O–H groups in total. The molecule has 3 aromatic rings. The molecule has 3 rings (SSSR count). The largest absolute Gasteiger partial charge is 0.391 e. The topological polar surface area (TPSA) is 50.9 Å². The van der Waals surface area contributed by atoms with E-state index in [4.69, 9.17) is 11.6 Å². The van der Waals surface area contributed by atoms with Gasteiger partial charge in [-0.1, -0.05) is 60.3 Å². The Morgan fingerprint density at radius 3 is 2.30 bits per heavy atom. The maximum absolute atomic E-state index is 9.69. The lowest BCUT2D eigenvalue weighted by atomic mass is 10.2. The lowest BCUT2D eigenvalue weighted by Gasteiger charge is -2.11. The number of aliphatic hydroxyl groups is 1. The number of para-hydroxylation sites is 1. The third-order valence-electron chi connectivity index (χ3n) is 3.26. The fraction of sp³-hybridized carbons (Fsp3) is 0.176. The number of benzene rings is 2. The van der Waals surface area contributed by atoms with Crippen LogP contribution in [0.2, 0.25) is 0 Å². The normalized spacial score (nSPS) is 12.3. The summed E-state index contributed by atoms with van der Waals surface area (Å²) in [6, 6.07) is 19.9. The van der Waals surface area contributed by atoms with E-state index in [1.165, 1.54) is 11.8 Å². The monoisotopic (exact) mass is 345 g/mol. The average molecular weight is 346 g/mol. The molecule has 0 unspecified atom stereocenters. The van der Waals surface area contributed by atoms with Gasteiger partial charge in [-0.3, -0.25) is 4.57 Å². The minimum Gasteiger partial charge on any atom is -0.391 e. The van der Waals surface area contributed by atoms with Crippen LogP contribution < -0.4 is 0 Å². The maximum Gasteiger partial charge on any atom is 0.196 e. The van der Waals surface area contributed by atoms with Crippen LogP contribution in [-0.2, 0) is 0 Å². The van der Waals surface area contributed by atoms with Crippen LogP contribution in [-0.4, -0.2) is 37.6 Å². The number of rotatable bonds is 6. The molecular weight excluding hydrogens is 330 g/mol. The summed E-state index contributed by atoms with van der Waals surface area (Å²) >= 11 is 7.11. The van der Waals surface area contributed by atoms with Gasteiger partial charge in [-0.2, -0.15) is 0 Å². The second kappa shape index (κ2) is 7.64. The van der Waals surface area contributed by atoms with Gasteiger partial charge in [-0.05, 0) is 12.1 Å². The maximum atomic E-state index is 9.69. The summed E-state index contributed by atoms with van der Waals surface area (Å²) in [5.74, 6) is 1.46. The van der Waals surface area contributed by atoms with Crippen molar-refractivity contribution < 1.29 is 5.11 Å². The van der Waals surface area contributed by atoms with E-state index in [1.54, 1.807) is 0 Å². The summed E-state index contributed by atoms with van der Waals surface area (Å²) in [5, 5.41) is 19.1. The average Bonchev–Trinajstić information content (AvgIpc) is 3.05. The number of nitrogens with zero attached hydrogens (tertiary/aromatic N) is 3. The van der Waals surface area contributed by atoms with Gasteiger partial charge >= 0.3 is 0 Å². The van der Waals surface area contributed by atoms with Gasteiger partial charge in [0.05, 0.1) is 6.10 Å². The van der Waals surface area contributed by atoms with E-state index in [1.807, 2.05) is 65.2 Å². The van der Waals surface area contributed by atoms with Gasteiger partial charge in [-0.25, -0.2) is 0 Å². The van der Waals surface area contributed by atoms with Crippen molar-refractivity contribution in [2.24, 2.45) is 0 Å². The molecule has 0 amide bonds. The molecular formula is C17H16ClN3OS. The van der Waals surface area contributed by atoms with Crippen LogP contribution in [0.3, 0.4) is 0 Å². The van der Waals surface area contributed by atoms with Gasteiger partial charge in [0.15, 0.2) is 11.0 Å². The van der Waals surface area contributed by atoms with Crippen LogP contribution in [0.15, 0.2) is 65.8 Å². The van der Waals surface area contributed by atoms with Gasteiger partial charge in [0, 0.05) is 22.9 Å². The zero-order valence-corrected chi connectivity index (χ0v) is 13.9. The molecule has 0 saturated carbocycles. The molecule has 0 aliphatic rings. The van der Waals surface area contributed by atoms with Crippen LogP contribution in [0.25, 0.3) is 17.1 Å². The van der Waals surface area contributed by atoms with E-state index in [0.29, 0.717) is 5.75 Å². The minimum absolute atomic E-state index is 0.206. The molecule has 118 valence electrons. The molecule has 2 aromatic carbocycles. The summed E-state index contributed by atoms with van der Waals surface area (Å²) in [6.45, 7) is 0. The van der Waals surface area contributed by atoms with Gasteiger partial charge in [0.1, 0.15) is 0 Å². The summed E-state index contributed by atoms with van der Waals surface area (Å²) < 4.78 is 2.00. The van der Waals surface area contributed by atoms with Crippen molar-refractivity contribution in [2.75, 3.05) is 11.6 Å². The highest BCUT2D eigenvalue weighted by Gasteiger charge is 2.16. The van der Waals surface area contributed by atoms with Crippen LogP contribution in [0.5, 0.6) is 0 Å². The first kappa shape index (κ1) is 16.1. The Labute approximate surface area is 144 Å². The molecule has 1 heterocycles. The van der Waals surface area contributed by atoms with E-state index >= 15 is 0 Å². The summed E-state index contributed by atoms with van der Waals surface area (Å²) in [7, 11) is 0. The highest BCUT2D eigenvalue weighted by molar-refractivity contribution is 7.99. The summed E-state index contributed by atoms with van der Waals surface area (Å²) in [4.78, 5) is 0. The van der Waals surface area contributed by atoms with Crippen LogP contribution >= 0.6 is 23.4 Å². The second-order valence-electron chi connectivity index (χ2n) is 4.96. The van der Waals surface area contributed by atoms with E-state index in [0.717, 1.165) is 22.2 Å². The zero-order valence-electron chi connectivity index (χ0n) is 12.3. The summed E-state index contributed by atoms with van der Waals surface area (Å²) in [5.41, 5.74) is 1.98. The Kier molecular flexibility index (Phi) is 5.33. The fourth-order valence-electron chi connectivity index (χ4n) is 2.16. The van der Waals surface area contributed by atoms with Crippen molar-refractivity contribution >= 4 is 23.4 Å². The molecule has 0 radical (unpaired) electrons. The van der Waals surface area contributed by atoms with Crippen molar-refractivity contribution in [3.05, 3.63) is 60.7 Å². The van der Waals surface area contributed by atoms with E-state index in [9.17, 15) is 5.11 Å². The second-order valence-corrected chi connectivity index (χ2v) is 6.26. The molecule has 1 aromatic heterocycles. The summed E-state index contributed by atoms with van der Waals surface area (Å²) in [6.07, 6.45) is -0.567. The molecule has 0 aliphatic heterocycles. The number of halogens is 1.